The predicted molar refractivity (Wildman–Crippen MR) is 107 cm³/mol. The predicted octanol–water partition coefficient (Wildman–Crippen LogP) is 5.36. The molecule has 131 valence electrons. The largest absolute Gasteiger partial charge is 0.328 e. The lowest BCUT2D eigenvalue weighted by Crippen LogP contribution is -2.38. The number of carbonyl (C=O) groups excluding carboxylic acids is 1. The number of thiazole rings is 1. The lowest BCUT2D eigenvalue weighted by atomic mass is 9.79. The van der Waals surface area contributed by atoms with Crippen molar-refractivity contribution in [3.05, 3.63) is 60.0 Å². The topological polar surface area (TPSA) is 45.2 Å². The minimum atomic E-state index is -0.0812. The third kappa shape index (κ3) is 2.76. The lowest BCUT2D eigenvalue weighted by Gasteiger charge is -2.32. The number of amides is 2. The maximum absolute atomic E-state index is 12.9. The number of fused-ring (bicyclic) bond motifs is 2. The highest BCUT2D eigenvalue weighted by atomic mass is 32.1. The average molecular weight is 362 g/mol. The van der Waals surface area contributed by atoms with Gasteiger partial charge in [-0.15, -0.1) is 0 Å². The summed E-state index contributed by atoms with van der Waals surface area (Å²) >= 11 is 1.52. The molecule has 1 aliphatic carbocycles. The van der Waals surface area contributed by atoms with E-state index < -0.39 is 0 Å². The fourth-order valence-corrected chi connectivity index (χ4v) is 4.60. The lowest BCUT2D eigenvalue weighted by molar-refractivity contribution is 0.256. The molecule has 4 nitrogen and oxygen atoms in total. The maximum atomic E-state index is 12.9. The van der Waals surface area contributed by atoms with Crippen molar-refractivity contribution in [2.24, 2.45) is 0 Å². The van der Waals surface area contributed by atoms with Gasteiger partial charge in [-0.3, -0.25) is 10.2 Å². The summed E-state index contributed by atoms with van der Waals surface area (Å²) in [6.07, 6.45) is 6.66. The van der Waals surface area contributed by atoms with Gasteiger partial charge in [-0.25, -0.2) is 9.78 Å². The molecule has 2 aliphatic rings. The zero-order valence-corrected chi connectivity index (χ0v) is 15.3. The number of carbonyl (C=O) groups is 1. The summed E-state index contributed by atoms with van der Waals surface area (Å²) in [4.78, 5) is 19.4. The first-order chi connectivity index (χ1) is 12.8. The van der Waals surface area contributed by atoms with Crippen molar-refractivity contribution in [2.75, 3.05) is 16.8 Å². The van der Waals surface area contributed by atoms with Crippen LogP contribution in [0, 0.1) is 6.42 Å². The fraction of sp³-hybridized carbons (Fsp3) is 0.286. The smallest absolute Gasteiger partial charge is 0.294 e. The normalized spacial score (nSPS) is 17.0. The zero-order valence-electron chi connectivity index (χ0n) is 14.4. The number of nitrogens with zero attached hydrogens (tertiary/aromatic N) is 2. The van der Waals surface area contributed by atoms with Crippen LogP contribution in [0.1, 0.15) is 36.3 Å². The summed E-state index contributed by atoms with van der Waals surface area (Å²) in [6, 6.07) is 14.6. The van der Waals surface area contributed by atoms with Gasteiger partial charge in [0.2, 0.25) is 0 Å². The second kappa shape index (κ2) is 6.40. The summed E-state index contributed by atoms with van der Waals surface area (Å²) in [5.41, 5.74) is 4.61. The molecular formula is C21H20N3OS. The molecule has 5 heteroatoms. The highest BCUT2D eigenvalue weighted by Crippen LogP contribution is 2.39. The molecular weight excluding hydrogens is 342 g/mol. The number of urea groups is 1. The molecule has 1 N–H and O–H groups in total. The minimum absolute atomic E-state index is 0.0812. The quantitative estimate of drug-likeness (QED) is 0.667. The summed E-state index contributed by atoms with van der Waals surface area (Å²) in [5.74, 6) is 0.622. The Bertz CT molecular complexity index is 943. The highest BCUT2D eigenvalue weighted by molar-refractivity contribution is 7.22. The molecule has 1 fully saturated rings. The number of benzene rings is 2. The SMILES string of the molecule is O=C(Nc1nc2ccccc2s1)N1CCCc2ccc(C3C[CH]C3)cc21. The van der Waals surface area contributed by atoms with Crippen molar-refractivity contribution in [1.29, 1.82) is 0 Å². The number of hydrogen-bond acceptors (Lipinski definition) is 3. The Morgan fingerprint density at radius 2 is 2.08 bits per heavy atom. The highest BCUT2D eigenvalue weighted by Gasteiger charge is 2.26. The van der Waals surface area contributed by atoms with Crippen LogP contribution in [0.15, 0.2) is 42.5 Å². The maximum Gasteiger partial charge on any atom is 0.328 e. The van der Waals surface area contributed by atoms with Gasteiger partial charge in [0.05, 0.1) is 10.2 Å². The van der Waals surface area contributed by atoms with Crippen LogP contribution >= 0.6 is 11.3 Å². The van der Waals surface area contributed by atoms with Crippen molar-refractivity contribution in [2.45, 2.75) is 31.6 Å². The monoisotopic (exact) mass is 362 g/mol. The van der Waals surface area contributed by atoms with E-state index in [0.29, 0.717) is 11.0 Å². The first-order valence-electron chi connectivity index (χ1n) is 9.16. The Kier molecular flexibility index (Phi) is 3.89. The molecule has 0 bridgehead atoms. The van der Waals surface area contributed by atoms with Crippen LogP contribution in [0.4, 0.5) is 15.6 Å². The average Bonchev–Trinajstić information content (AvgIpc) is 3.02. The fourth-order valence-electron chi connectivity index (χ4n) is 3.75. The number of aryl methyl sites for hydroxylation is 1. The molecule has 0 spiro atoms. The Balaban J connectivity index is 1.42. The Morgan fingerprint density at radius 1 is 1.19 bits per heavy atom. The third-order valence-electron chi connectivity index (χ3n) is 5.35. The molecule has 2 aromatic carbocycles. The van der Waals surface area contributed by atoms with E-state index in [1.807, 2.05) is 29.2 Å². The molecule has 0 unspecified atom stereocenters. The van der Waals surface area contributed by atoms with Crippen LogP contribution in [0.25, 0.3) is 10.2 Å². The van der Waals surface area contributed by atoms with Crippen LogP contribution in [0.5, 0.6) is 0 Å². The van der Waals surface area contributed by atoms with Gasteiger partial charge in [0.1, 0.15) is 0 Å². The summed E-state index contributed by atoms with van der Waals surface area (Å²) in [7, 11) is 0. The van der Waals surface area contributed by atoms with E-state index in [2.05, 4.69) is 34.9 Å². The number of para-hydroxylation sites is 1. The molecule has 1 aliphatic heterocycles. The number of hydrogen-bond donors (Lipinski definition) is 1. The number of nitrogens with one attached hydrogen (secondary N) is 1. The van der Waals surface area contributed by atoms with Gasteiger partial charge in [0, 0.05) is 12.2 Å². The van der Waals surface area contributed by atoms with Crippen LogP contribution in [0.3, 0.4) is 0 Å². The number of anilines is 2. The summed E-state index contributed by atoms with van der Waals surface area (Å²) < 4.78 is 1.09. The van der Waals surface area contributed by atoms with Gasteiger partial charge >= 0.3 is 6.03 Å². The van der Waals surface area contributed by atoms with Gasteiger partial charge < -0.3 is 0 Å². The van der Waals surface area contributed by atoms with Crippen LogP contribution in [-0.2, 0) is 6.42 Å². The molecule has 0 atom stereocenters. The van der Waals surface area contributed by atoms with E-state index in [-0.39, 0.29) is 6.03 Å². The first kappa shape index (κ1) is 15.8. The summed E-state index contributed by atoms with van der Waals surface area (Å²) in [5, 5.41) is 3.67. The Hall–Kier alpha value is -2.40. The van der Waals surface area contributed by atoms with Gasteiger partial charge in [-0.05, 0) is 67.3 Å². The second-order valence-corrected chi connectivity index (χ2v) is 8.05. The third-order valence-corrected chi connectivity index (χ3v) is 6.31. The molecule has 1 radical (unpaired) electrons. The van der Waals surface area contributed by atoms with Crippen LogP contribution in [0.2, 0.25) is 0 Å². The second-order valence-electron chi connectivity index (χ2n) is 7.02. The van der Waals surface area contributed by atoms with Gasteiger partial charge in [-0.1, -0.05) is 35.6 Å². The molecule has 26 heavy (non-hydrogen) atoms. The van der Waals surface area contributed by atoms with Crippen molar-refractivity contribution in [3.63, 3.8) is 0 Å². The standard InChI is InChI=1S/C21H20N3OS/c25-21(23-20-22-17-8-1-2-9-19(17)26-20)24-12-4-7-15-10-11-16(13-18(15)24)14-5-3-6-14/h1-3,8-11,13-14H,4-7,12H2,(H,22,23,25). The van der Waals surface area contributed by atoms with Crippen LogP contribution in [-0.4, -0.2) is 17.6 Å². The molecule has 3 aromatic rings. The number of aromatic nitrogens is 1. The molecule has 5 rings (SSSR count). The Morgan fingerprint density at radius 3 is 2.88 bits per heavy atom. The number of rotatable bonds is 2. The van der Waals surface area contributed by atoms with Crippen LogP contribution < -0.4 is 10.2 Å². The molecule has 2 heterocycles. The van der Waals surface area contributed by atoms with E-state index in [9.17, 15) is 4.79 Å². The van der Waals surface area contributed by atoms with E-state index in [1.165, 1.54) is 22.5 Å². The van der Waals surface area contributed by atoms with Gasteiger partial charge in [0.25, 0.3) is 0 Å². The molecule has 0 saturated heterocycles. The molecule has 1 saturated carbocycles. The van der Waals surface area contributed by atoms with Crippen molar-refractivity contribution >= 4 is 38.4 Å². The minimum Gasteiger partial charge on any atom is -0.294 e. The van der Waals surface area contributed by atoms with Crippen molar-refractivity contribution < 1.29 is 4.79 Å². The van der Waals surface area contributed by atoms with E-state index in [1.54, 1.807) is 0 Å². The van der Waals surface area contributed by atoms with E-state index in [0.717, 1.165) is 48.1 Å². The summed E-state index contributed by atoms with van der Waals surface area (Å²) in [6.45, 7) is 0.754. The molecule has 2 amide bonds. The van der Waals surface area contributed by atoms with Crippen molar-refractivity contribution in [3.8, 4) is 0 Å². The van der Waals surface area contributed by atoms with Crippen molar-refractivity contribution in [1.82, 2.24) is 4.98 Å². The zero-order chi connectivity index (χ0) is 17.5. The Labute approximate surface area is 156 Å². The van der Waals surface area contributed by atoms with E-state index >= 15 is 0 Å². The first-order valence-corrected chi connectivity index (χ1v) is 9.98. The van der Waals surface area contributed by atoms with Gasteiger partial charge in [0.15, 0.2) is 5.13 Å². The van der Waals surface area contributed by atoms with Gasteiger partial charge in [-0.2, -0.15) is 0 Å². The van der Waals surface area contributed by atoms with E-state index in [4.69, 9.17) is 0 Å². The molecule has 1 aromatic heterocycles.